The minimum atomic E-state index is -3.66. The van der Waals surface area contributed by atoms with E-state index in [2.05, 4.69) is 0 Å². The Morgan fingerprint density at radius 2 is 0.846 bits per heavy atom. The Kier molecular flexibility index (Phi) is 8.73. The van der Waals surface area contributed by atoms with Gasteiger partial charge in [-0.05, 0) is 66.5 Å². The molecule has 1 aliphatic carbocycles. The smallest absolute Gasteiger partial charge is 0.305 e. The molecule has 26 heavy (non-hydrogen) atoms. The lowest BCUT2D eigenvalue weighted by molar-refractivity contribution is 0.220. The lowest BCUT2D eigenvalue weighted by atomic mass is 9.87. The van der Waals surface area contributed by atoms with E-state index in [1.807, 2.05) is 27.7 Å². The van der Waals surface area contributed by atoms with Crippen molar-refractivity contribution in [3.05, 3.63) is 32.9 Å². The van der Waals surface area contributed by atoms with Crippen molar-refractivity contribution in [1.29, 1.82) is 0 Å². The normalized spacial score (nSPS) is 15.4. The van der Waals surface area contributed by atoms with Crippen LogP contribution in [0.1, 0.15) is 55.4 Å². The van der Waals surface area contributed by atoms with Gasteiger partial charge in [0.2, 0.25) is 0 Å². The van der Waals surface area contributed by atoms with Gasteiger partial charge in [0, 0.05) is 0 Å². The molecule has 1 rings (SSSR count). The van der Waals surface area contributed by atoms with Crippen LogP contribution in [0.3, 0.4) is 0 Å². The molecule has 0 spiro atoms. The molecular formula is C18H32O6P2. The van der Waals surface area contributed by atoms with E-state index < -0.39 is 15.2 Å². The molecule has 0 N–H and O–H groups in total. The van der Waals surface area contributed by atoms with Crippen LogP contribution in [0.2, 0.25) is 0 Å². The van der Waals surface area contributed by atoms with E-state index in [4.69, 9.17) is 18.1 Å². The van der Waals surface area contributed by atoms with Gasteiger partial charge in [0.1, 0.15) is 0 Å². The summed E-state index contributed by atoms with van der Waals surface area (Å²) >= 11 is 0. The summed E-state index contributed by atoms with van der Waals surface area (Å²) in [4.78, 5) is 0. The van der Waals surface area contributed by atoms with Crippen LogP contribution < -0.4 is 0 Å². The second-order valence-electron chi connectivity index (χ2n) is 6.11. The van der Waals surface area contributed by atoms with Crippen molar-refractivity contribution in [2.45, 2.75) is 55.4 Å². The van der Waals surface area contributed by atoms with E-state index in [9.17, 15) is 9.13 Å². The summed E-state index contributed by atoms with van der Waals surface area (Å²) in [6, 6.07) is 0. The summed E-state index contributed by atoms with van der Waals surface area (Å²) in [7, 11) is -7.31. The lowest BCUT2D eigenvalue weighted by Crippen LogP contribution is -2.20. The second kappa shape index (κ2) is 9.64. The van der Waals surface area contributed by atoms with Crippen LogP contribution in [-0.4, -0.2) is 26.4 Å². The molecule has 0 amide bonds. The summed E-state index contributed by atoms with van der Waals surface area (Å²) < 4.78 is 49.3. The SMILES string of the molecule is CCOP(=O)(OCC)C1=C(P(=O)(OCC)OCC)C(=C(C)C)C1=C(C)C. The molecule has 0 unspecified atom stereocenters. The highest BCUT2D eigenvalue weighted by atomic mass is 31.2. The fourth-order valence-electron chi connectivity index (χ4n) is 2.93. The molecule has 150 valence electrons. The molecule has 8 heteroatoms. The minimum Gasteiger partial charge on any atom is -0.305 e. The molecular weight excluding hydrogens is 374 g/mol. The zero-order valence-electron chi connectivity index (χ0n) is 17.2. The minimum absolute atomic E-state index is 0.210. The molecule has 0 heterocycles. The summed E-state index contributed by atoms with van der Waals surface area (Å²) in [6.07, 6.45) is 0. The van der Waals surface area contributed by atoms with E-state index in [1.54, 1.807) is 27.7 Å². The van der Waals surface area contributed by atoms with Gasteiger partial charge in [0.05, 0.1) is 37.1 Å². The molecule has 0 aromatic rings. The van der Waals surface area contributed by atoms with Gasteiger partial charge in [-0.25, -0.2) is 0 Å². The van der Waals surface area contributed by atoms with Gasteiger partial charge in [0.15, 0.2) is 0 Å². The second-order valence-corrected chi connectivity index (χ2v) is 10.0. The van der Waals surface area contributed by atoms with Crippen molar-refractivity contribution in [3.8, 4) is 0 Å². The Balaban J connectivity index is 3.91. The number of hydrogen-bond donors (Lipinski definition) is 0. The third-order valence-electron chi connectivity index (χ3n) is 3.69. The van der Waals surface area contributed by atoms with Gasteiger partial charge in [0.25, 0.3) is 0 Å². The van der Waals surface area contributed by atoms with Crippen LogP contribution in [0.4, 0.5) is 0 Å². The van der Waals surface area contributed by atoms with Gasteiger partial charge in [-0.15, -0.1) is 0 Å². The molecule has 0 saturated carbocycles. The molecule has 1 aliphatic rings. The van der Waals surface area contributed by atoms with Crippen molar-refractivity contribution in [2.24, 2.45) is 0 Å². The van der Waals surface area contributed by atoms with Crippen molar-refractivity contribution in [3.63, 3.8) is 0 Å². The fraction of sp³-hybridized carbons (Fsp3) is 0.667. The first-order valence-corrected chi connectivity index (χ1v) is 12.1. The Morgan fingerprint density at radius 3 is 1.00 bits per heavy atom. The van der Waals surface area contributed by atoms with Gasteiger partial charge < -0.3 is 18.1 Å². The molecule has 0 bridgehead atoms. The maximum absolute atomic E-state index is 13.6. The Morgan fingerprint density at radius 1 is 0.615 bits per heavy atom. The predicted octanol–water partition coefficient (Wildman–Crippen LogP) is 6.42. The van der Waals surface area contributed by atoms with E-state index in [1.165, 1.54) is 0 Å². The topological polar surface area (TPSA) is 71.1 Å². The standard InChI is InChI=1S/C18H32O6P2/c1-9-21-25(19,22-10-2)17-15(13(5)6)16(14(7)8)18(17)26(20,23-11-3)24-12-4/h9-12H2,1-8H3. The summed E-state index contributed by atoms with van der Waals surface area (Å²) in [5.74, 6) is 0. The van der Waals surface area contributed by atoms with Crippen molar-refractivity contribution >= 4 is 15.2 Å². The maximum Gasteiger partial charge on any atom is 0.362 e. The average Bonchev–Trinajstić information content (AvgIpc) is 2.45. The van der Waals surface area contributed by atoms with Crippen molar-refractivity contribution in [1.82, 2.24) is 0 Å². The van der Waals surface area contributed by atoms with Crippen molar-refractivity contribution < 1.29 is 27.2 Å². The van der Waals surface area contributed by atoms with Crippen molar-refractivity contribution in [2.75, 3.05) is 26.4 Å². The van der Waals surface area contributed by atoms with Gasteiger partial charge in [-0.2, -0.15) is 0 Å². The maximum atomic E-state index is 13.6. The average molecular weight is 406 g/mol. The number of rotatable bonds is 10. The molecule has 0 aromatic carbocycles. The third-order valence-corrected chi connectivity index (χ3v) is 8.25. The van der Waals surface area contributed by atoms with Crippen LogP contribution >= 0.6 is 15.2 Å². The van der Waals surface area contributed by atoms with Gasteiger partial charge in [-0.3, -0.25) is 9.13 Å². The summed E-state index contributed by atoms with van der Waals surface area (Å²) in [5.41, 5.74) is 3.42. The van der Waals surface area contributed by atoms with Gasteiger partial charge >= 0.3 is 15.2 Å². The van der Waals surface area contributed by atoms with E-state index in [0.717, 1.165) is 22.3 Å². The van der Waals surface area contributed by atoms with E-state index in [0.29, 0.717) is 10.6 Å². The monoisotopic (exact) mass is 406 g/mol. The molecule has 0 atom stereocenters. The fourth-order valence-corrected chi connectivity index (χ4v) is 7.65. The highest BCUT2D eigenvalue weighted by Crippen LogP contribution is 2.76. The quantitative estimate of drug-likeness (QED) is 0.390. The Bertz CT molecular complexity index is 629. The largest absolute Gasteiger partial charge is 0.362 e. The van der Waals surface area contributed by atoms with Crippen LogP contribution in [0, 0.1) is 0 Å². The Labute approximate surface area is 157 Å². The zero-order valence-corrected chi connectivity index (χ0v) is 19.0. The van der Waals surface area contributed by atoms with Crippen LogP contribution in [0.25, 0.3) is 0 Å². The Hall–Kier alpha value is -0.480. The number of allylic oxidation sites excluding steroid dienone is 6. The summed E-state index contributed by atoms with van der Waals surface area (Å²) in [6.45, 7) is 15.5. The first-order valence-electron chi connectivity index (χ1n) is 9.03. The first kappa shape index (κ1) is 23.6. The predicted molar refractivity (Wildman–Crippen MR) is 105 cm³/mol. The zero-order chi connectivity index (χ0) is 20.1. The van der Waals surface area contributed by atoms with Crippen LogP contribution in [-0.2, 0) is 27.2 Å². The number of hydrogen-bond acceptors (Lipinski definition) is 6. The molecule has 0 saturated heterocycles. The first-order chi connectivity index (χ1) is 12.1. The van der Waals surface area contributed by atoms with E-state index in [-0.39, 0.29) is 26.4 Å². The van der Waals surface area contributed by atoms with Crippen LogP contribution in [0.5, 0.6) is 0 Å². The van der Waals surface area contributed by atoms with E-state index >= 15 is 0 Å². The lowest BCUT2D eigenvalue weighted by Gasteiger charge is -2.38. The molecule has 0 aliphatic heterocycles. The van der Waals surface area contributed by atoms with Crippen LogP contribution in [0.15, 0.2) is 32.9 Å². The molecule has 0 fully saturated rings. The third kappa shape index (κ3) is 4.49. The highest BCUT2D eigenvalue weighted by Gasteiger charge is 2.52. The molecule has 0 radical (unpaired) electrons. The highest BCUT2D eigenvalue weighted by molar-refractivity contribution is 7.64. The molecule has 6 nitrogen and oxygen atoms in total. The summed E-state index contributed by atoms with van der Waals surface area (Å²) in [5, 5.41) is 0.672. The molecule has 0 aromatic heterocycles. The van der Waals surface area contributed by atoms with Gasteiger partial charge in [-0.1, -0.05) is 11.1 Å².